The Morgan fingerprint density at radius 3 is 2.21 bits per heavy atom. The SMILES string of the molecule is CC[C@H]1OC(=O)[C@H](C)[C@@H](O[C@H]2C[C@@](C)(OC)[C@@H](OC(=O)CCNCCCc3cnc4c(c3)c(=O)c(C(=O)O)cn4N(C)C)[C@H](C)O2)[C@H](C)[C@@H](O[C@@H]2O[C@H](C)C[C@H](N(C)C)[C@H]2O)[C@](C)(O)C[C@@H](C)C(=NOCCN(CC)CC)C(C)[C@@H](O)[C@]1(C)O. The Bertz CT molecular complexity index is 2560. The summed E-state index contributed by atoms with van der Waals surface area (Å²) in [6.07, 6.45) is -6.06. The number of hydrogen-bond donors (Lipinski definition) is 6. The van der Waals surface area contributed by atoms with Crippen molar-refractivity contribution in [2.45, 2.75) is 212 Å². The zero-order chi connectivity index (χ0) is 62.8. The summed E-state index contributed by atoms with van der Waals surface area (Å²) in [4.78, 5) is 67.7. The number of esters is 2. The molecular weight excluding hydrogens is 1090 g/mol. The van der Waals surface area contributed by atoms with Crippen LogP contribution in [0.1, 0.15) is 138 Å². The number of carbonyl (C=O) groups is 3. The zero-order valence-electron chi connectivity index (χ0n) is 52.9. The van der Waals surface area contributed by atoms with Crippen LogP contribution < -0.4 is 15.8 Å². The minimum Gasteiger partial charge on any atom is -0.477 e. The highest BCUT2D eigenvalue weighted by Gasteiger charge is 2.54. The predicted octanol–water partition coefficient (Wildman–Crippen LogP) is 3.70. The lowest BCUT2D eigenvalue weighted by Gasteiger charge is -2.49. The molecule has 3 saturated heterocycles. The molecule has 0 saturated carbocycles. The molecule has 0 bridgehead atoms. The summed E-state index contributed by atoms with van der Waals surface area (Å²) >= 11 is 0. The summed E-state index contributed by atoms with van der Waals surface area (Å²) in [7, 11) is 8.65. The third-order valence-electron chi connectivity index (χ3n) is 17.5. The molecule has 6 N–H and O–H groups in total. The third kappa shape index (κ3) is 17.0. The second kappa shape index (κ2) is 30.5. The van der Waals surface area contributed by atoms with E-state index in [4.69, 9.17) is 38.0 Å². The van der Waals surface area contributed by atoms with Crippen LogP contribution in [0.25, 0.3) is 11.0 Å². The summed E-state index contributed by atoms with van der Waals surface area (Å²) in [5.41, 5.74) is -4.53. The van der Waals surface area contributed by atoms with Crippen molar-refractivity contribution in [1.82, 2.24) is 24.8 Å². The average molecular weight is 1190 g/mol. The standard InChI is InChI=1S/C60H101N7O17/c1-18-44-60(12,76)51(71)36(6)47(63-78-27-26-66(19-2)20-3)34(4)30-58(10,75)52(84-57-49(70)43(64(13)14)28-35(5)79-57)37(7)50(38(8)56(74)81-44)83-46-31-59(11,77-17)53(39(9)80-46)82-45(68)23-25-61-24-21-22-40-29-41-48(69)42(55(72)73)33-67(65(15)16)54(41)62-32-40/h29,32-39,43-44,46,49-53,57,61,70-71,75-76H,18-28,30-31H2,1-17H3,(H,72,73)/t34-,35-,36?,37+,38-,39+,43+,44-,46+,49-,50+,51-,52-,53+,57+,58-,59-,60-/m1/s1. The summed E-state index contributed by atoms with van der Waals surface area (Å²) < 4.78 is 46.7. The van der Waals surface area contributed by atoms with E-state index >= 15 is 0 Å². The van der Waals surface area contributed by atoms with Crippen LogP contribution >= 0.6 is 0 Å². The molecule has 3 fully saturated rings. The van der Waals surface area contributed by atoms with E-state index in [1.165, 1.54) is 24.9 Å². The number of carboxylic acids is 1. The van der Waals surface area contributed by atoms with E-state index in [1.54, 1.807) is 79.8 Å². The van der Waals surface area contributed by atoms with Gasteiger partial charge in [0, 0.05) is 76.9 Å². The maximum atomic E-state index is 14.8. The fourth-order valence-corrected chi connectivity index (χ4v) is 12.4. The molecule has 24 heteroatoms. The monoisotopic (exact) mass is 1190 g/mol. The number of aryl methyl sites for hydroxylation is 1. The molecular formula is C60H101N7O17. The molecule has 2 aromatic heterocycles. The van der Waals surface area contributed by atoms with E-state index in [-0.39, 0.29) is 61.9 Å². The lowest BCUT2D eigenvalue weighted by molar-refractivity contribution is -0.318. The Hall–Kier alpha value is -4.44. The number of likely N-dealkylation sites (N-methyl/N-ethyl adjacent to an activating group) is 2. The molecule has 0 aromatic carbocycles. The Kier molecular flexibility index (Phi) is 25.5. The van der Waals surface area contributed by atoms with Crippen LogP contribution in [0.4, 0.5) is 0 Å². The summed E-state index contributed by atoms with van der Waals surface area (Å²) in [6, 6.07) is 1.30. The fourth-order valence-electron chi connectivity index (χ4n) is 12.4. The number of aliphatic hydroxyl groups is 4. The van der Waals surface area contributed by atoms with Crippen molar-refractivity contribution in [2.24, 2.45) is 28.8 Å². The molecule has 84 heavy (non-hydrogen) atoms. The molecule has 0 spiro atoms. The van der Waals surface area contributed by atoms with Gasteiger partial charge in [0.1, 0.15) is 35.6 Å². The van der Waals surface area contributed by atoms with E-state index in [2.05, 4.69) is 34.2 Å². The molecule has 24 nitrogen and oxygen atoms in total. The van der Waals surface area contributed by atoms with Crippen LogP contribution in [0, 0.1) is 23.7 Å². The number of aromatic carboxylic acids is 1. The number of nitrogens with zero attached hydrogens (tertiary/aromatic N) is 6. The number of methoxy groups -OCH3 is 1. The van der Waals surface area contributed by atoms with Gasteiger partial charge in [-0.25, -0.2) is 14.5 Å². The van der Waals surface area contributed by atoms with Crippen LogP contribution in [0.3, 0.4) is 0 Å². The second-order valence-corrected chi connectivity index (χ2v) is 24.6. The number of pyridine rings is 2. The van der Waals surface area contributed by atoms with E-state index in [1.807, 2.05) is 32.8 Å². The van der Waals surface area contributed by atoms with Crippen molar-refractivity contribution in [3.8, 4) is 0 Å². The number of rotatable bonds is 23. The van der Waals surface area contributed by atoms with Crippen molar-refractivity contribution >= 4 is 34.7 Å². The molecule has 3 aliphatic rings. The number of hydrogen-bond acceptors (Lipinski definition) is 22. The van der Waals surface area contributed by atoms with E-state index in [9.17, 15) is 44.7 Å². The van der Waals surface area contributed by atoms with Gasteiger partial charge >= 0.3 is 17.9 Å². The lowest BCUT2D eigenvalue weighted by Crippen LogP contribution is -2.61. The molecule has 1 unspecified atom stereocenters. The van der Waals surface area contributed by atoms with Gasteiger partial charge in [0.15, 0.2) is 24.3 Å². The molecule has 0 aliphatic carbocycles. The Morgan fingerprint density at radius 1 is 0.929 bits per heavy atom. The number of aromatic nitrogens is 2. The van der Waals surface area contributed by atoms with Gasteiger partial charge in [0.2, 0.25) is 5.43 Å². The summed E-state index contributed by atoms with van der Waals surface area (Å²) in [5, 5.41) is 68.7. The van der Waals surface area contributed by atoms with Crippen molar-refractivity contribution in [3.63, 3.8) is 0 Å². The van der Waals surface area contributed by atoms with E-state index in [0.717, 1.165) is 18.7 Å². The van der Waals surface area contributed by atoms with Crippen LogP contribution in [0.15, 0.2) is 28.4 Å². The van der Waals surface area contributed by atoms with Crippen molar-refractivity contribution < 1.29 is 77.9 Å². The van der Waals surface area contributed by atoms with Crippen LogP contribution in [-0.2, 0) is 54.0 Å². The number of carboxylic acid groups (broad SMARTS) is 1. The highest BCUT2D eigenvalue weighted by atomic mass is 16.7. The van der Waals surface area contributed by atoms with Crippen molar-refractivity contribution in [2.75, 3.05) is 79.6 Å². The quantitative estimate of drug-likeness (QED) is 0.0525. The number of aliphatic hydroxyl groups excluding tert-OH is 2. The zero-order valence-corrected chi connectivity index (χ0v) is 52.9. The highest BCUT2D eigenvalue weighted by molar-refractivity contribution is 5.92. The molecule has 3 aliphatic heterocycles. The fraction of sp³-hybridized carbons (Fsp3) is 0.800. The largest absolute Gasteiger partial charge is 0.477 e. The Balaban J connectivity index is 1.39. The van der Waals surface area contributed by atoms with Gasteiger partial charge in [-0.3, -0.25) is 14.4 Å². The topological polar surface area (TPSA) is 295 Å². The first-order valence-electron chi connectivity index (χ1n) is 30.0. The number of cyclic esters (lactones) is 1. The van der Waals surface area contributed by atoms with E-state index < -0.39 is 119 Å². The normalized spacial score (nSPS) is 35.2. The van der Waals surface area contributed by atoms with Crippen molar-refractivity contribution in [1.29, 1.82) is 0 Å². The minimum absolute atomic E-state index is 0.00768. The Morgan fingerprint density at radius 2 is 1.61 bits per heavy atom. The summed E-state index contributed by atoms with van der Waals surface area (Å²) in [5.74, 6) is -6.15. The first-order valence-corrected chi connectivity index (χ1v) is 30.0. The first kappa shape index (κ1) is 70.3. The molecule has 18 atom stereocenters. The average Bonchev–Trinajstić information content (AvgIpc) is 2.25. The predicted molar refractivity (Wildman–Crippen MR) is 315 cm³/mol. The van der Waals surface area contributed by atoms with Crippen LogP contribution in [-0.4, -0.2) is 228 Å². The molecule has 2 aromatic rings. The van der Waals surface area contributed by atoms with Crippen molar-refractivity contribution in [3.05, 3.63) is 39.8 Å². The van der Waals surface area contributed by atoms with Gasteiger partial charge in [-0.2, -0.15) is 0 Å². The molecule has 5 rings (SSSR count). The van der Waals surface area contributed by atoms with Gasteiger partial charge in [0.05, 0.1) is 59.6 Å². The van der Waals surface area contributed by atoms with Gasteiger partial charge in [0.25, 0.3) is 0 Å². The van der Waals surface area contributed by atoms with Gasteiger partial charge in [-0.1, -0.05) is 46.7 Å². The maximum Gasteiger partial charge on any atom is 0.341 e. The number of fused-ring (bicyclic) bond motifs is 1. The molecule has 0 radical (unpaired) electrons. The first-order chi connectivity index (χ1) is 39.4. The van der Waals surface area contributed by atoms with Gasteiger partial charge in [-0.05, 0) is 119 Å². The maximum absolute atomic E-state index is 14.8. The van der Waals surface area contributed by atoms with Gasteiger partial charge in [-0.15, -0.1) is 0 Å². The lowest BCUT2D eigenvalue weighted by atomic mass is 9.73. The molecule has 5 heterocycles. The van der Waals surface area contributed by atoms with Crippen LogP contribution in [0.5, 0.6) is 0 Å². The number of oxime groups is 1. The highest BCUT2D eigenvalue weighted by Crippen LogP contribution is 2.42. The number of nitrogens with one attached hydrogen (secondary N) is 1. The summed E-state index contributed by atoms with van der Waals surface area (Å²) in [6.45, 7) is 24.4. The van der Waals surface area contributed by atoms with Gasteiger partial charge < -0.3 is 83.7 Å². The molecule has 0 amide bonds. The van der Waals surface area contributed by atoms with E-state index in [0.29, 0.717) is 43.7 Å². The van der Waals surface area contributed by atoms with Crippen LogP contribution in [0.2, 0.25) is 0 Å². The second-order valence-electron chi connectivity index (χ2n) is 24.6. The smallest absolute Gasteiger partial charge is 0.341 e. The number of ether oxygens (including phenoxy) is 7. The Labute approximate surface area is 496 Å². The molecule has 478 valence electrons. The number of carbonyl (C=O) groups excluding carboxylic acids is 2. The minimum atomic E-state index is -2.00. The third-order valence-corrected chi connectivity index (χ3v) is 17.5.